The standard InChI is InChI=1S/C27H31N5O2S/c35-27-29-25(23-6-1-2-12-28-23)26(24-7-3-13-31(24)19-22-5-4-16-34-22)32(27)21-10-8-20(9-11-21)30-14-17-33-18-15-30/h1-3,6-13,22,25-26H,4-5,14-19H2,(H,29,35)/t22-,25-,26-/m1/s1. The fraction of sp³-hybridized carbons (Fsp3) is 0.407. The summed E-state index contributed by atoms with van der Waals surface area (Å²) in [7, 11) is 0. The van der Waals surface area contributed by atoms with Gasteiger partial charge in [0.05, 0.1) is 31.1 Å². The number of pyridine rings is 1. The van der Waals surface area contributed by atoms with Crippen LogP contribution in [0.15, 0.2) is 67.0 Å². The molecule has 3 atom stereocenters. The molecule has 0 radical (unpaired) electrons. The van der Waals surface area contributed by atoms with Crippen molar-refractivity contribution in [3.05, 3.63) is 78.4 Å². The number of morpholine rings is 1. The Kier molecular flexibility index (Phi) is 6.41. The largest absolute Gasteiger partial charge is 0.378 e. The molecule has 2 aromatic heterocycles. The van der Waals surface area contributed by atoms with Gasteiger partial charge in [-0.05, 0) is 73.6 Å². The lowest BCUT2D eigenvalue weighted by atomic mass is 10.0. The maximum absolute atomic E-state index is 5.96. The Morgan fingerprint density at radius 1 is 0.971 bits per heavy atom. The number of rotatable bonds is 6. The number of hydrogen-bond acceptors (Lipinski definition) is 5. The molecule has 8 heteroatoms. The summed E-state index contributed by atoms with van der Waals surface area (Å²) in [5, 5.41) is 4.30. The number of aromatic nitrogens is 2. The minimum absolute atomic E-state index is 0.0250. The van der Waals surface area contributed by atoms with E-state index >= 15 is 0 Å². The highest BCUT2D eigenvalue weighted by atomic mass is 32.1. The minimum Gasteiger partial charge on any atom is -0.378 e. The minimum atomic E-state index is -0.0548. The highest BCUT2D eigenvalue weighted by molar-refractivity contribution is 7.80. The first-order valence-electron chi connectivity index (χ1n) is 12.5. The predicted octanol–water partition coefficient (Wildman–Crippen LogP) is 4.08. The molecule has 35 heavy (non-hydrogen) atoms. The summed E-state index contributed by atoms with van der Waals surface area (Å²) < 4.78 is 13.8. The second kappa shape index (κ2) is 9.97. The van der Waals surface area contributed by atoms with Gasteiger partial charge in [-0.25, -0.2) is 0 Å². The van der Waals surface area contributed by atoms with Crippen molar-refractivity contribution in [1.29, 1.82) is 0 Å². The van der Waals surface area contributed by atoms with Gasteiger partial charge < -0.3 is 29.2 Å². The van der Waals surface area contributed by atoms with Crippen molar-refractivity contribution < 1.29 is 9.47 Å². The van der Waals surface area contributed by atoms with E-state index in [1.165, 1.54) is 11.4 Å². The molecule has 6 rings (SSSR count). The zero-order chi connectivity index (χ0) is 23.6. The number of thiocarbonyl (C=S) groups is 1. The maximum atomic E-state index is 5.96. The smallest absolute Gasteiger partial charge is 0.174 e. The van der Waals surface area contributed by atoms with Crippen molar-refractivity contribution in [1.82, 2.24) is 14.9 Å². The van der Waals surface area contributed by atoms with Crippen molar-refractivity contribution in [3.63, 3.8) is 0 Å². The molecule has 1 N–H and O–H groups in total. The lowest BCUT2D eigenvalue weighted by molar-refractivity contribution is 0.0961. The van der Waals surface area contributed by atoms with Crippen molar-refractivity contribution in [2.24, 2.45) is 0 Å². The molecular weight excluding hydrogens is 458 g/mol. The summed E-state index contributed by atoms with van der Waals surface area (Å²) in [6.45, 7) is 5.10. The van der Waals surface area contributed by atoms with Crippen molar-refractivity contribution in [2.45, 2.75) is 37.6 Å². The van der Waals surface area contributed by atoms with E-state index in [0.717, 1.165) is 68.8 Å². The van der Waals surface area contributed by atoms with E-state index in [4.69, 9.17) is 26.7 Å². The molecule has 3 fully saturated rings. The number of ether oxygens (including phenoxy) is 2. The van der Waals surface area contributed by atoms with Crippen LogP contribution in [0.3, 0.4) is 0 Å². The molecule has 3 aliphatic rings. The van der Waals surface area contributed by atoms with Crippen molar-refractivity contribution in [3.8, 4) is 0 Å². The number of nitrogens with one attached hydrogen (secondary N) is 1. The van der Waals surface area contributed by atoms with Crippen LogP contribution in [0.25, 0.3) is 0 Å². The topological polar surface area (TPSA) is 54.8 Å². The van der Waals surface area contributed by atoms with E-state index < -0.39 is 0 Å². The first kappa shape index (κ1) is 22.5. The Morgan fingerprint density at radius 3 is 2.54 bits per heavy atom. The van der Waals surface area contributed by atoms with Gasteiger partial charge in [-0.2, -0.15) is 0 Å². The quantitative estimate of drug-likeness (QED) is 0.524. The molecule has 0 bridgehead atoms. The van der Waals surface area contributed by atoms with E-state index in [1.54, 1.807) is 0 Å². The Morgan fingerprint density at radius 2 is 1.80 bits per heavy atom. The SMILES string of the molecule is S=C1N[C@H](c2ccccn2)[C@@H](c2cccn2C[C@H]2CCCO2)N1c1ccc(N2CCOCC2)cc1. The summed E-state index contributed by atoms with van der Waals surface area (Å²) in [6, 6.07) is 19.1. The third-order valence-electron chi connectivity index (χ3n) is 7.19. The van der Waals surface area contributed by atoms with Gasteiger partial charge in [0.1, 0.15) is 6.04 Å². The Hall–Kier alpha value is -2.94. The highest BCUT2D eigenvalue weighted by Crippen LogP contribution is 2.42. The number of nitrogens with zero attached hydrogens (tertiary/aromatic N) is 4. The van der Waals surface area contributed by atoms with Crippen LogP contribution < -0.4 is 15.1 Å². The number of benzene rings is 1. The molecule has 182 valence electrons. The average Bonchev–Trinajstić information content (AvgIpc) is 3.66. The van der Waals surface area contributed by atoms with Crippen LogP contribution in [-0.4, -0.2) is 53.7 Å². The molecule has 3 aliphatic heterocycles. The fourth-order valence-electron chi connectivity index (χ4n) is 5.45. The molecule has 0 spiro atoms. The summed E-state index contributed by atoms with van der Waals surface area (Å²) in [5.41, 5.74) is 4.49. The van der Waals surface area contributed by atoms with Crippen LogP contribution in [0, 0.1) is 0 Å². The van der Waals surface area contributed by atoms with Gasteiger partial charge in [-0.1, -0.05) is 6.07 Å². The first-order valence-corrected chi connectivity index (χ1v) is 12.9. The van der Waals surface area contributed by atoms with Crippen LogP contribution in [0.2, 0.25) is 0 Å². The summed E-state index contributed by atoms with van der Waals surface area (Å²) in [4.78, 5) is 9.31. The van der Waals surface area contributed by atoms with E-state index in [2.05, 4.69) is 68.3 Å². The van der Waals surface area contributed by atoms with Crippen LogP contribution in [-0.2, 0) is 16.0 Å². The second-order valence-electron chi connectivity index (χ2n) is 9.33. The van der Waals surface area contributed by atoms with Crippen LogP contribution >= 0.6 is 12.2 Å². The Bertz CT molecular complexity index is 1140. The van der Waals surface area contributed by atoms with E-state index in [1.807, 2.05) is 18.3 Å². The molecule has 3 aromatic rings. The summed E-state index contributed by atoms with van der Waals surface area (Å²) >= 11 is 5.92. The monoisotopic (exact) mass is 489 g/mol. The first-order chi connectivity index (χ1) is 17.3. The van der Waals surface area contributed by atoms with Gasteiger partial charge in [-0.15, -0.1) is 0 Å². The molecule has 5 heterocycles. The molecule has 0 aliphatic carbocycles. The van der Waals surface area contributed by atoms with Gasteiger partial charge in [0.25, 0.3) is 0 Å². The molecule has 7 nitrogen and oxygen atoms in total. The average molecular weight is 490 g/mol. The Labute approximate surface area is 211 Å². The molecule has 0 unspecified atom stereocenters. The lowest BCUT2D eigenvalue weighted by Gasteiger charge is -2.31. The molecule has 1 aromatic carbocycles. The maximum Gasteiger partial charge on any atom is 0.174 e. The zero-order valence-electron chi connectivity index (χ0n) is 19.8. The van der Waals surface area contributed by atoms with Gasteiger partial charge in [0.15, 0.2) is 5.11 Å². The fourth-order valence-corrected chi connectivity index (χ4v) is 5.79. The van der Waals surface area contributed by atoms with Crippen molar-refractivity contribution >= 4 is 28.7 Å². The predicted molar refractivity (Wildman–Crippen MR) is 141 cm³/mol. The number of hydrogen-bond donors (Lipinski definition) is 1. The summed E-state index contributed by atoms with van der Waals surface area (Å²) in [6.07, 6.45) is 6.51. The second-order valence-corrected chi connectivity index (χ2v) is 9.72. The highest BCUT2D eigenvalue weighted by Gasteiger charge is 2.42. The number of anilines is 2. The third-order valence-corrected chi connectivity index (χ3v) is 7.51. The molecular formula is C27H31N5O2S. The van der Waals surface area contributed by atoms with Gasteiger partial charge in [0.2, 0.25) is 0 Å². The molecule has 0 saturated carbocycles. The van der Waals surface area contributed by atoms with Gasteiger partial charge >= 0.3 is 0 Å². The molecule has 3 saturated heterocycles. The van der Waals surface area contributed by atoms with Gasteiger partial charge in [0, 0.05) is 55.7 Å². The zero-order valence-corrected chi connectivity index (χ0v) is 20.6. The van der Waals surface area contributed by atoms with Crippen LogP contribution in [0.1, 0.15) is 36.3 Å². The van der Waals surface area contributed by atoms with E-state index in [-0.39, 0.29) is 18.2 Å². The lowest BCUT2D eigenvalue weighted by Crippen LogP contribution is -2.36. The van der Waals surface area contributed by atoms with Crippen LogP contribution in [0.4, 0.5) is 11.4 Å². The molecule has 0 amide bonds. The van der Waals surface area contributed by atoms with Crippen LogP contribution in [0.5, 0.6) is 0 Å². The normalized spacial score (nSPS) is 24.7. The van der Waals surface area contributed by atoms with E-state index in [9.17, 15) is 0 Å². The summed E-state index contributed by atoms with van der Waals surface area (Å²) in [5.74, 6) is 0. The van der Waals surface area contributed by atoms with Gasteiger partial charge in [-0.3, -0.25) is 4.98 Å². The van der Waals surface area contributed by atoms with Crippen molar-refractivity contribution in [2.75, 3.05) is 42.7 Å². The Balaban J connectivity index is 1.35. The van der Waals surface area contributed by atoms with E-state index in [0.29, 0.717) is 0 Å². The third kappa shape index (κ3) is 4.53.